The molecule has 0 aliphatic carbocycles. The van der Waals surface area contributed by atoms with E-state index in [2.05, 4.69) is 6.07 Å². The molecule has 1 heterocycles. The summed E-state index contributed by atoms with van der Waals surface area (Å²) in [6.07, 6.45) is 1.75. The van der Waals surface area contributed by atoms with Gasteiger partial charge in [0, 0.05) is 5.02 Å². The molecule has 138 valence electrons. The van der Waals surface area contributed by atoms with Crippen molar-refractivity contribution in [2.45, 2.75) is 11.7 Å². The molecule has 4 heteroatoms. The molecule has 0 saturated carbocycles. The minimum atomic E-state index is -0.680. The summed E-state index contributed by atoms with van der Waals surface area (Å²) in [4.78, 5) is 0. The maximum atomic E-state index is 9.79. The van der Waals surface area contributed by atoms with Gasteiger partial charge in [-0.15, -0.1) is 0 Å². The molecular weight excluding hydrogens is 370 g/mol. The van der Waals surface area contributed by atoms with Crippen molar-refractivity contribution in [2.75, 3.05) is 7.11 Å². The van der Waals surface area contributed by atoms with E-state index in [9.17, 15) is 5.26 Å². The number of benzene rings is 3. The van der Waals surface area contributed by atoms with Gasteiger partial charge in [0.1, 0.15) is 17.5 Å². The van der Waals surface area contributed by atoms with Crippen molar-refractivity contribution in [3.8, 4) is 11.8 Å². The average Bonchev–Trinajstić information content (AvgIpc) is 3.49. The maximum Gasteiger partial charge on any atom is 0.144 e. The first-order chi connectivity index (χ1) is 13.7. The van der Waals surface area contributed by atoms with Crippen LogP contribution < -0.4 is 4.74 Å². The highest BCUT2D eigenvalue weighted by Gasteiger charge is 2.57. The van der Waals surface area contributed by atoms with E-state index in [1.54, 1.807) is 19.2 Å². The van der Waals surface area contributed by atoms with Crippen LogP contribution in [0.2, 0.25) is 5.02 Å². The first-order valence-electron chi connectivity index (χ1n) is 8.92. The minimum Gasteiger partial charge on any atom is -0.497 e. The van der Waals surface area contributed by atoms with Crippen LogP contribution in [0.3, 0.4) is 0 Å². The Bertz CT molecular complexity index is 1040. The van der Waals surface area contributed by atoms with Gasteiger partial charge in [-0.25, -0.2) is 0 Å². The van der Waals surface area contributed by atoms with Crippen LogP contribution in [0.4, 0.5) is 0 Å². The first kappa shape index (κ1) is 18.3. The lowest BCUT2D eigenvalue weighted by molar-refractivity contribution is 0.335. The molecular formula is C24H18ClNO2. The number of ether oxygens (including phenoxy) is 2. The van der Waals surface area contributed by atoms with E-state index in [1.807, 2.05) is 72.8 Å². The Hall–Kier alpha value is -3.06. The lowest BCUT2D eigenvalue weighted by atomic mass is 9.88. The number of methoxy groups -OCH3 is 1. The van der Waals surface area contributed by atoms with Gasteiger partial charge in [-0.1, -0.05) is 66.2 Å². The summed E-state index contributed by atoms with van der Waals surface area (Å²) in [6, 6.07) is 27.4. The predicted octanol–water partition coefficient (Wildman–Crippen LogP) is 5.92. The number of epoxide rings is 1. The Morgan fingerprint density at radius 2 is 1.71 bits per heavy atom. The second kappa shape index (κ2) is 7.52. The second-order valence-electron chi connectivity index (χ2n) is 6.61. The summed E-state index contributed by atoms with van der Waals surface area (Å²) >= 11 is 5.99. The van der Waals surface area contributed by atoms with Crippen molar-refractivity contribution < 1.29 is 9.47 Å². The molecule has 0 radical (unpaired) electrons. The number of nitriles is 1. The van der Waals surface area contributed by atoms with E-state index in [-0.39, 0.29) is 6.10 Å². The van der Waals surface area contributed by atoms with Gasteiger partial charge in [0.05, 0.1) is 18.8 Å². The van der Waals surface area contributed by atoms with Gasteiger partial charge in [0.2, 0.25) is 0 Å². The third-order valence-corrected chi connectivity index (χ3v) is 5.18. The van der Waals surface area contributed by atoms with E-state index >= 15 is 0 Å². The van der Waals surface area contributed by atoms with E-state index in [4.69, 9.17) is 21.1 Å². The molecule has 0 N–H and O–H groups in total. The van der Waals surface area contributed by atoms with Crippen molar-refractivity contribution in [1.82, 2.24) is 0 Å². The Kier molecular flexibility index (Phi) is 4.92. The SMILES string of the molecule is COc1ccc([C@@H]2O[C@@]2(/C=C(\C#N)c2ccc(Cl)cc2)c2ccccc2)cc1. The second-order valence-corrected chi connectivity index (χ2v) is 7.04. The molecule has 3 aromatic rings. The third-order valence-electron chi connectivity index (χ3n) is 4.92. The highest BCUT2D eigenvalue weighted by atomic mass is 35.5. The molecule has 1 fully saturated rings. The number of halogens is 1. The van der Waals surface area contributed by atoms with Crippen LogP contribution in [0.25, 0.3) is 5.57 Å². The lowest BCUT2D eigenvalue weighted by Gasteiger charge is -2.11. The van der Waals surface area contributed by atoms with E-state index in [1.165, 1.54) is 0 Å². The van der Waals surface area contributed by atoms with E-state index in [0.29, 0.717) is 10.6 Å². The number of rotatable bonds is 5. The van der Waals surface area contributed by atoms with Gasteiger partial charge < -0.3 is 9.47 Å². The van der Waals surface area contributed by atoms with Gasteiger partial charge in [0.15, 0.2) is 0 Å². The van der Waals surface area contributed by atoms with Crippen LogP contribution in [0.15, 0.2) is 84.9 Å². The van der Waals surface area contributed by atoms with E-state index in [0.717, 1.165) is 22.4 Å². The largest absolute Gasteiger partial charge is 0.497 e. The minimum absolute atomic E-state index is 0.170. The molecule has 1 aliphatic heterocycles. The third kappa shape index (κ3) is 3.41. The Morgan fingerprint density at radius 1 is 1.04 bits per heavy atom. The standard InChI is InChI=1S/C24H18ClNO2/c1-27-22-13-9-18(10-14-22)23-24(28-23,20-5-3-2-4-6-20)15-19(16-26)17-7-11-21(25)12-8-17/h2-15,23H,1H3/b19-15+/t23-,24-/m0/s1. The van der Waals surface area contributed by atoms with Crippen LogP contribution >= 0.6 is 11.6 Å². The van der Waals surface area contributed by atoms with Gasteiger partial charge in [-0.3, -0.25) is 0 Å². The Balaban J connectivity index is 1.77. The van der Waals surface area contributed by atoms with Crippen molar-refractivity contribution in [1.29, 1.82) is 5.26 Å². The van der Waals surface area contributed by atoms with Crippen LogP contribution in [-0.4, -0.2) is 7.11 Å². The van der Waals surface area contributed by atoms with Crippen molar-refractivity contribution in [2.24, 2.45) is 0 Å². The van der Waals surface area contributed by atoms with Crippen LogP contribution in [0.5, 0.6) is 5.75 Å². The number of hydrogen-bond donors (Lipinski definition) is 0. The number of allylic oxidation sites excluding steroid dienone is 1. The molecule has 28 heavy (non-hydrogen) atoms. The summed E-state index contributed by atoms with van der Waals surface area (Å²) in [7, 11) is 1.64. The molecule has 0 unspecified atom stereocenters. The average molecular weight is 388 g/mol. The van der Waals surface area contributed by atoms with Crippen LogP contribution in [0.1, 0.15) is 22.8 Å². The zero-order valence-electron chi connectivity index (χ0n) is 15.3. The lowest BCUT2D eigenvalue weighted by Crippen LogP contribution is -2.07. The molecule has 0 aromatic heterocycles. The fourth-order valence-electron chi connectivity index (χ4n) is 3.39. The monoisotopic (exact) mass is 387 g/mol. The van der Waals surface area contributed by atoms with E-state index < -0.39 is 5.60 Å². The molecule has 1 aliphatic rings. The normalized spacial score (nSPS) is 21.0. The van der Waals surface area contributed by atoms with Gasteiger partial charge in [-0.05, 0) is 47.0 Å². The molecule has 0 spiro atoms. The maximum absolute atomic E-state index is 9.79. The summed E-state index contributed by atoms with van der Waals surface area (Å²) in [5.74, 6) is 0.795. The fourth-order valence-corrected chi connectivity index (χ4v) is 3.52. The molecule has 3 nitrogen and oxygen atoms in total. The highest BCUT2D eigenvalue weighted by Crippen LogP contribution is 2.59. The van der Waals surface area contributed by atoms with Crippen molar-refractivity contribution in [3.05, 3.63) is 107 Å². The molecule has 0 amide bonds. The smallest absolute Gasteiger partial charge is 0.144 e. The van der Waals surface area contributed by atoms with Crippen LogP contribution in [-0.2, 0) is 10.3 Å². The number of nitrogens with zero attached hydrogens (tertiary/aromatic N) is 1. The highest BCUT2D eigenvalue weighted by molar-refractivity contribution is 6.30. The summed E-state index contributed by atoms with van der Waals surface area (Å²) in [5, 5.41) is 10.4. The Morgan fingerprint density at radius 3 is 2.32 bits per heavy atom. The topological polar surface area (TPSA) is 45.5 Å². The summed E-state index contributed by atoms with van der Waals surface area (Å²) < 4.78 is 11.5. The predicted molar refractivity (Wildman–Crippen MR) is 110 cm³/mol. The summed E-state index contributed by atoms with van der Waals surface area (Å²) in [6.45, 7) is 0. The zero-order valence-corrected chi connectivity index (χ0v) is 16.1. The first-order valence-corrected chi connectivity index (χ1v) is 9.30. The molecule has 1 saturated heterocycles. The molecule has 4 rings (SSSR count). The van der Waals surface area contributed by atoms with Gasteiger partial charge in [-0.2, -0.15) is 5.26 Å². The quantitative estimate of drug-likeness (QED) is 0.403. The van der Waals surface area contributed by atoms with Gasteiger partial charge >= 0.3 is 0 Å². The van der Waals surface area contributed by atoms with Crippen molar-refractivity contribution in [3.63, 3.8) is 0 Å². The van der Waals surface area contributed by atoms with Crippen molar-refractivity contribution >= 4 is 17.2 Å². The molecule has 0 bridgehead atoms. The summed E-state index contributed by atoms with van der Waals surface area (Å²) in [5.41, 5.74) is 2.73. The molecule has 2 atom stereocenters. The number of hydrogen-bond acceptors (Lipinski definition) is 3. The fraction of sp³-hybridized carbons (Fsp3) is 0.125. The van der Waals surface area contributed by atoms with Crippen LogP contribution in [0, 0.1) is 11.3 Å². The van der Waals surface area contributed by atoms with Gasteiger partial charge in [0.25, 0.3) is 0 Å². The molecule has 3 aromatic carbocycles. The zero-order chi connectivity index (χ0) is 19.6. The Labute approximate surface area is 169 Å².